The van der Waals surface area contributed by atoms with E-state index < -0.39 is 0 Å². The summed E-state index contributed by atoms with van der Waals surface area (Å²) in [5.74, 6) is 0. The molecule has 2 aliphatic carbocycles. The molecule has 6 aromatic carbocycles. The summed E-state index contributed by atoms with van der Waals surface area (Å²) in [5.41, 5.74) is 16.2. The topological polar surface area (TPSA) is 12.0 Å². The smallest absolute Gasteiger partial charge is 0.0726 e. The van der Waals surface area contributed by atoms with Crippen LogP contribution >= 0.6 is 0 Å². The van der Waals surface area contributed by atoms with E-state index >= 15 is 0 Å². The Bertz CT molecular complexity index is 1930. The zero-order valence-corrected chi connectivity index (χ0v) is 22.9. The molecular formula is C40H29N. The molecule has 0 radical (unpaired) electrons. The first kappa shape index (κ1) is 23.7. The first-order valence-electron chi connectivity index (χ1n) is 14.3. The Morgan fingerprint density at radius 3 is 1.63 bits per heavy atom. The number of hydrogen-bond donors (Lipinski definition) is 1. The predicted molar refractivity (Wildman–Crippen MR) is 173 cm³/mol. The molecule has 1 spiro atoms. The molecule has 41 heavy (non-hydrogen) atoms. The number of rotatable bonds is 4. The second-order valence-electron chi connectivity index (χ2n) is 11.0. The summed E-state index contributed by atoms with van der Waals surface area (Å²) in [6, 6.07) is 51.2. The third-order valence-corrected chi connectivity index (χ3v) is 8.73. The van der Waals surface area contributed by atoms with Crippen molar-refractivity contribution >= 4 is 17.5 Å². The number of benzene rings is 6. The highest BCUT2D eigenvalue weighted by Crippen LogP contribution is 2.62. The van der Waals surface area contributed by atoms with Crippen molar-refractivity contribution in [1.82, 2.24) is 0 Å². The van der Waals surface area contributed by atoms with Crippen LogP contribution in [0.4, 0.5) is 11.4 Å². The van der Waals surface area contributed by atoms with E-state index in [9.17, 15) is 0 Å². The van der Waals surface area contributed by atoms with E-state index in [4.69, 9.17) is 0 Å². The molecule has 8 rings (SSSR count). The van der Waals surface area contributed by atoms with Gasteiger partial charge >= 0.3 is 0 Å². The van der Waals surface area contributed by atoms with E-state index in [0.29, 0.717) is 0 Å². The van der Waals surface area contributed by atoms with E-state index in [1.54, 1.807) is 0 Å². The van der Waals surface area contributed by atoms with Crippen molar-refractivity contribution < 1.29 is 0 Å². The van der Waals surface area contributed by atoms with Gasteiger partial charge in [0.05, 0.1) is 5.41 Å². The zero-order valence-electron chi connectivity index (χ0n) is 22.9. The van der Waals surface area contributed by atoms with Gasteiger partial charge in [-0.1, -0.05) is 121 Å². The van der Waals surface area contributed by atoms with E-state index in [0.717, 1.165) is 11.4 Å². The molecule has 0 fully saturated rings. The van der Waals surface area contributed by atoms with Crippen molar-refractivity contribution in [2.45, 2.75) is 12.3 Å². The molecule has 0 unspecified atom stereocenters. The minimum atomic E-state index is -0.327. The summed E-state index contributed by atoms with van der Waals surface area (Å²) >= 11 is 0. The number of hydrogen-bond acceptors (Lipinski definition) is 1. The van der Waals surface area contributed by atoms with E-state index in [2.05, 4.69) is 164 Å². The lowest BCUT2D eigenvalue weighted by Gasteiger charge is -2.30. The average Bonchev–Trinajstić information content (AvgIpc) is 3.49. The summed E-state index contributed by atoms with van der Waals surface area (Å²) in [6.45, 7) is 2.05. The van der Waals surface area contributed by atoms with E-state index in [1.165, 1.54) is 61.2 Å². The summed E-state index contributed by atoms with van der Waals surface area (Å²) in [5, 5.41) is 3.75. The van der Waals surface area contributed by atoms with Crippen molar-refractivity contribution in [2.75, 3.05) is 5.32 Å². The Morgan fingerprint density at radius 2 is 1.00 bits per heavy atom. The first-order valence-corrected chi connectivity index (χ1v) is 14.3. The van der Waals surface area contributed by atoms with Crippen LogP contribution in [-0.2, 0) is 5.41 Å². The lowest BCUT2D eigenvalue weighted by molar-refractivity contribution is 0.794. The maximum absolute atomic E-state index is 3.75. The highest BCUT2D eigenvalue weighted by atomic mass is 14.9. The molecular weight excluding hydrogens is 494 g/mol. The second kappa shape index (κ2) is 9.21. The van der Waals surface area contributed by atoms with Gasteiger partial charge in [-0.2, -0.15) is 0 Å². The fourth-order valence-corrected chi connectivity index (χ4v) is 7.13. The summed E-state index contributed by atoms with van der Waals surface area (Å²) in [7, 11) is 0. The lowest BCUT2D eigenvalue weighted by atomic mass is 9.70. The van der Waals surface area contributed by atoms with Gasteiger partial charge in [-0.15, -0.1) is 0 Å². The third-order valence-electron chi connectivity index (χ3n) is 8.73. The minimum Gasteiger partial charge on any atom is -0.355 e. The SMILES string of the molecule is C/C=C\c1cccc(-c2cccc(Nc3ccc4c(c3)C3(c5ccccc5-c5ccccc53)c3ccccc3-4)c2)c1. The van der Waals surface area contributed by atoms with Crippen LogP contribution in [-0.4, -0.2) is 0 Å². The lowest BCUT2D eigenvalue weighted by Crippen LogP contribution is -2.25. The van der Waals surface area contributed by atoms with Gasteiger partial charge < -0.3 is 5.32 Å². The second-order valence-corrected chi connectivity index (χ2v) is 11.0. The Kier molecular flexibility index (Phi) is 5.33. The Hall–Kier alpha value is -5.14. The number of fused-ring (bicyclic) bond motifs is 10. The first-order chi connectivity index (χ1) is 20.3. The molecule has 0 aliphatic heterocycles. The molecule has 0 atom stereocenters. The van der Waals surface area contributed by atoms with Crippen LogP contribution in [0.5, 0.6) is 0 Å². The van der Waals surface area contributed by atoms with Crippen LogP contribution in [0.15, 0.2) is 146 Å². The quantitative estimate of drug-likeness (QED) is 0.242. The Morgan fingerprint density at radius 1 is 0.463 bits per heavy atom. The van der Waals surface area contributed by atoms with Crippen molar-refractivity contribution in [3.63, 3.8) is 0 Å². The molecule has 0 saturated carbocycles. The van der Waals surface area contributed by atoms with Gasteiger partial charge in [-0.25, -0.2) is 0 Å². The highest BCUT2D eigenvalue weighted by molar-refractivity contribution is 5.95. The van der Waals surface area contributed by atoms with Crippen molar-refractivity contribution in [1.29, 1.82) is 0 Å². The normalized spacial score (nSPS) is 13.6. The molecule has 1 heteroatoms. The molecule has 0 saturated heterocycles. The minimum absolute atomic E-state index is 0.327. The van der Waals surface area contributed by atoms with Crippen LogP contribution in [0.1, 0.15) is 34.7 Å². The fourth-order valence-electron chi connectivity index (χ4n) is 7.13. The molecule has 0 amide bonds. The molecule has 0 aromatic heterocycles. The van der Waals surface area contributed by atoms with Crippen LogP contribution in [0.25, 0.3) is 39.5 Å². The van der Waals surface area contributed by atoms with E-state index in [-0.39, 0.29) is 5.41 Å². The third kappa shape index (κ3) is 3.49. The number of allylic oxidation sites excluding steroid dienone is 1. The van der Waals surface area contributed by atoms with Crippen molar-refractivity contribution in [2.24, 2.45) is 0 Å². The van der Waals surface area contributed by atoms with Crippen LogP contribution < -0.4 is 5.32 Å². The number of anilines is 2. The predicted octanol–water partition coefficient (Wildman–Crippen LogP) is 10.5. The Labute approximate surface area is 241 Å². The van der Waals surface area contributed by atoms with Gasteiger partial charge in [-0.05, 0) is 98.5 Å². The van der Waals surface area contributed by atoms with Crippen LogP contribution in [0.3, 0.4) is 0 Å². The van der Waals surface area contributed by atoms with Gasteiger partial charge in [0.2, 0.25) is 0 Å². The van der Waals surface area contributed by atoms with Gasteiger partial charge in [0.15, 0.2) is 0 Å². The summed E-state index contributed by atoms with van der Waals surface area (Å²) < 4.78 is 0. The highest BCUT2D eigenvalue weighted by Gasteiger charge is 2.51. The average molecular weight is 524 g/mol. The standard InChI is InChI=1S/C40H29N/c1-2-11-27-12-9-13-28(24-27)29-14-10-15-30(25-29)41-31-22-23-35-34-18-5-8-21-38(34)40(39(35)26-31)36-19-6-3-16-32(36)33-17-4-7-20-37(33)40/h2-26,41H,1H3/b11-2-. The van der Waals surface area contributed by atoms with Crippen LogP contribution in [0, 0.1) is 0 Å². The van der Waals surface area contributed by atoms with Gasteiger partial charge in [0, 0.05) is 11.4 Å². The van der Waals surface area contributed by atoms with Crippen molar-refractivity contribution in [3.8, 4) is 33.4 Å². The van der Waals surface area contributed by atoms with Gasteiger partial charge in [0.25, 0.3) is 0 Å². The molecule has 6 aromatic rings. The van der Waals surface area contributed by atoms with Crippen molar-refractivity contribution in [3.05, 3.63) is 173 Å². The molecule has 0 heterocycles. The van der Waals surface area contributed by atoms with E-state index in [1.807, 2.05) is 0 Å². The van der Waals surface area contributed by atoms with Gasteiger partial charge in [0.1, 0.15) is 0 Å². The maximum atomic E-state index is 3.75. The number of nitrogens with one attached hydrogen (secondary N) is 1. The molecule has 1 N–H and O–H groups in total. The fraction of sp³-hybridized carbons (Fsp3) is 0.0500. The van der Waals surface area contributed by atoms with Gasteiger partial charge in [-0.3, -0.25) is 0 Å². The monoisotopic (exact) mass is 523 g/mol. The summed E-state index contributed by atoms with van der Waals surface area (Å²) in [6.07, 6.45) is 4.22. The molecule has 2 aliphatic rings. The molecule has 0 bridgehead atoms. The Balaban J connectivity index is 1.27. The molecule has 194 valence electrons. The maximum Gasteiger partial charge on any atom is 0.0726 e. The molecule has 1 nitrogen and oxygen atoms in total. The zero-order chi connectivity index (χ0) is 27.4. The summed E-state index contributed by atoms with van der Waals surface area (Å²) in [4.78, 5) is 0. The largest absolute Gasteiger partial charge is 0.355 e. The van der Waals surface area contributed by atoms with Crippen LogP contribution in [0.2, 0.25) is 0 Å².